The maximum atomic E-state index is 12.9. The standard InChI is InChI=1S/C22H16ClF3N4O2/c1-2-17-11-18(28-20(27-17)14-6-4-8-16(23)10-14)31-12-19-29-21(30-32-19)13-5-3-7-15(9-13)22(24,25)26/h3-11H,2,12H2,1H3. The number of ether oxygens (including phenoxy) is 1. The summed E-state index contributed by atoms with van der Waals surface area (Å²) in [4.78, 5) is 13.0. The molecule has 0 spiro atoms. The molecule has 0 fully saturated rings. The number of hydrogen-bond acceptors (Lipinski definition) is 6. The highest BCUT2D eigenvalue weighted by Crippen LogP contribution is 2.31. The summed E-state index contributed by atoms with van der Waals surface area (Å²) in [7, 11) is 0. The number of aromatic nitrogens is 4. The monoisotopic (exact) mass is 460 g/mol. The van der Waals surface area contributed by atoms with Gasteiger partial charge >= 0.3 is 6.18 Å². The minimum atomic E-state index is -4.46. The van der Waals surface area contributed by atoms with Gasteiger partial charge in [0.1, 0.15) is 0 Å². The third kappa shape index (κ3) is 5.05. The van der Waals surface area contributed by atoms with Crippen LogP contribution in [0, 0.1) is 0 Å². The van der Waals surface area contributed by atoms with E-state index in [0.29, 0.717) is 23.1 Å². The van der Waals surface area contributed by atoms with Crippen LogP contribution in [0.15, 0.2) is 59.1 Å². The summed E-state index contributed by atoms with van der Waals surface area (Å²) in [6.45, 7) is 1.84. The SMILES string of the molecule is CCc1cc(OCc2nc(-c3cccc(C(F)(F)F)c3)no2)nc(-c2cccc(Cl)c2)n1. The molecule has 4 aromatic rings. The van der Waals surface area contributed by atoms with E-state index < -0.39 is 11.7 Å². The van der Waals surface area contributed by atoms with Crippen LogP contribution < -0.4 is 4.74 Å². The van der Waals surface area contributed by atoms with Gasteiger partial charge in [0.15, 0.2) is 12.4 Å². The Balaban J connectivity index is 1.52. The van der Waals surface area contributed by atoms with E-state index in [2.05, 4.69) is 20.1 Å². The fourth-order valence-corrected chi connectivity index (χ4v) is 3.08. The fraction of sp³-hybridized carbons (Fsp3) is 0.182. The van der Waals surface area contributed by atoms with Crippen LogP contribution in [0.1, 0.15) is 24.1 Å². The molecule has 0 amide bonds. The van der Waals surface area contributed by atoms with E-state index in [0.717, 1.165) is 23.4 Å². The van der Waals surface area contributed by atoms with Gasteiger partial charge in [-0.3, -0.25) is 0 Å². The Labute approximate surface area is 186 Å². The Bertz CT molecular complexity index is 1240. The molecule has 0 bridgehead atoms. The number of halogens is 4. The summed E-state index contributed by atoms with van der Waals surface area (Å²) in [5.74, 6) is 0.882. The molecule has 0 aliphatic heterocycles. The van der Waals surface area contributed by atoms with Crippen molar-refractivity contribution >= 4 is 11.6 Å². The molecule has 2 heterocycles. The summed E-state index contributed by atoms with van der Waals surface area (Å²) in [6.07, 6.45) is -3.80. The molecular weight excluding hydrogens is 445 g/mol. The van der Waals surface area contributed by atoms with Crippen molar-refractivity contribution in [1.29, 1.82) is 0 Å². The van der Waals surface area contributed by atoms with Crippen LogP contribution in [0.2, 0.25) is 5.02 Å². The first-order valence-corrected chi connectivity index (χ1v) is 9.96. The minimum absolute atomic E-state index is 0.0336. The van der Waals surface area contributed by atoms with Crippen LogP contribution >= 0.6 is 11.6 Å². The molecule has 6 nitrogen and oxygen atoms in total. The van der Waals surface area contributed by atoms with Gasteiger partial charge < -0.3 is 9.26 Å². The molecule has 32 heavy (non-hydrogen) atoms. The lowest BCUT2D eigenvalue weighted by Crippen LogP contribution is -2.04. The van der Waals surface area contributed by atoms with E-state index in [1.54, 1.807) is 24.3 Å². The quantitative estimate of drug-likeness (QED) is 0.351. The van der Waals surface area contributed by atoms with Gasteiger partial charge in [0.2, 0.25) is 11.7 Å². The van der Waals surface area contributed by atoms with E-state index in [1.165, 1.54) is 12.1 Å². The highest BCUT2D eigenvalue weighted by atomic mass is 35.5. The molecule has 2 aromatic carbocycles. The summed E-state index contributed by atoms with van der Waals surface area (Å²) >= 11 is 6.06. The number of rotatable bonds is 6. The minimum Gasteiger partial charge on any atom is -0.467 e. The van der Waals surface area contributed by atoms with E-state index in [4.69, 9.17) is 20.9 Å². The molecule has 10 heteroatoms. The molecule has 0 radical (unpaired) electrons. The highest BCUT2D eigenvalue weighted by molar-refractivity contribution is 6.30. The van der Waals surface area contributed by atoms with Gasteiger partial charge in [0.25, 0.3) is 5.89 Å². The number of alkyl halides is 3. The van der Waals surface area contributed by atoms with E-state index >= 15 is 0 Å². The van der Waals surface area contributed by atoms with Gasteiger partial charge in [-0.05, 0) is 30.7 Å². The normalized spacial score (nSPS) is 11.5. The second kappa shape index (κ2) is 8.96. The van der Waals surface area contributed by atoms with Gasteiger partial charge in [0.05, 0.1) is 5.56 Å². The summed E-state index contributed by atoms with van der Waals surface area (Å²) in [6, 6.07) is 13.5. The van der Waals surface area contributed by atoms with Gasteiger partial charge in [0, 0.05) is 27.9 Å². The number of benzene rings is 2. The second-order valence-electron chi connectivity index (χ2n) is 6.76. The Kier molecular flexibility index (Phi) is 6.09. The third-order valence-corrected chi connectivity index (χ3v) is 4.70. The first-order chi connectivity index (χ1) is 15.3. The van der Waals surface area contributed by atoms with Crippen molar-refractivity contribution in [3.8, 4) is 28.7 Å². The molecule has 164 valence electrons. The van der Waals surface area contributed by atoms with Gasteiger partial charge in [-0.25, -0.2) is 4.98 Å². The predicted octanol–water partition coefficient (Wildman–Crippen LogP) is 6.01. The molecular formula is C22H16ClF3N4O2. The first kappa shape index (κ1) is 21.8. The van der Waals surface area contributed by atoms with Crippen LogP contribution in [0.4, 0.5) is 13.2 Å². The van der Waals surface area contributed by atoms with Crippen LogP contribution in [-0.2, 0) is 19.2 Å². The molecule has 0 saturated carbocycles. The predicted molar refractivity (Wildman–Crippen MR) is 111 cm³/mol. The average molecular weight is 461 g/mol. The molecule has 0 atom stereocenters. The van der Waals surface area contributed by atoms with E-state index in [1.807, 2.05) is 13.0 Å². The van der Waals surface area contributed by atoms with Crippen molar-refractivity contribution in [2.24, 2.45) is 0 Å². The molecule has 0 N–H and O–H groups in total. The van der Waals surface area contributed by atoms with E-state index in [-0.39, 0.29) is 23.9 Å². The summed E-state index contributed by atoms with van der Waals surface area (Å²) in [5.41, 5.74) is 0.898. The Hall–Kier alpha value is -3.46. The Morgan fingerprint density at radius 2 is 1.69 bits per heavy atom. The van der Waals surface area contributed by atoms with Gasteiger partial charge in [-0.1, -0.05) is 47.9 Å². The van der Waals surface area contributed by atoms with Gasteiger partial charge in [-0.15, -0.1) is 0 Å². The van der Waals surface area contributed by atoms with Crippen molar-refractivity contribution in [3.05, 3.63) is 76.8 Å². The smallest absolute Gasteiger partial charge is 0.416 e. The second-order valence-corrected chi connectivity index (χ2v) is 7.20. The molecule has 2 aromatic heterocycles. The van der Waals surface area contributed by atoms with Gasteiger partial charge in [-0.2, -0.15) is 23.1 Å². The maximum Gasteiger partial charge on any atom is 0.416 e. The topological polar surface area (TPSA) is 73.9 Å². The molecule has 4 rings (SSSR count). The third-order valence-electron chi connectivity index (χ3n) is 4.46. The molecule has 0 unspecified atom stereocenters. The zero-order chi connectivity index (χ0) is 22.7. The number of nitrogens with zero attached hydrogens (tertiary/aromatic N) is 4. The van der Waals surface area contributed by atoms with Crippen molar-refractivity contribution in [2.45, 2.75) is 26.1 Å². The van der Waals surface area contributed by atoms with Crippen LogP contribution in [0.25, 0.3) is 22.8 Å². The highest BCUT2D eigenvalue weighted by Gasteiger charge is 2.30. The Morgan fingerprint density at radius 3 is 2.41 bits per heavy atom. The Morgan fingerprint density at radius 1 is 0.938 bits per heavy atom. The molecule has 0 aliphatic rings. The van der Waals surface area contributed by atoms with Crippen molar-refractivity contribution in [2.75, 3.05) is 0 Å². The van der Waals surface area contributed by atoms with Crippen LogP contribution in [-0.4, -0.2) is 20.1 Å². The number of aryl methyl sites for hydroxylation is 1. The van der Waals surface area contributed by atoms with Crippen molar-refractivity contribution in [1.82, 2.24) is 20.1 Å². The van der Waals surface area contributed by atoms with Crippen molar-refractivity contribution in [3.63, 3.8) is 0 Å². The summed E-state index contributed by atoms with van der Waals surface area (Å²) in [5, 5.41) is 4.31. The zero-order valence-electron chi connectivity index (χ0n) is 16.7. The zero-order valence-corrected chi connectivity index (χ0v) is 17.5. The molecule has 0 aliphatic carbocycles. The van der Waals surface area contributed by atoms with E-state index in [9.17, 15) is 13.2 Å². The van der Waals surface area contributed by atoms with Crippen LogP contribution in [0.3, 0.4) is 0 Å². The first-order valence-electron chi connectivity index (χ1n) is 9.58. The van der Waals surface area contributed by atoms with Crippen molar-refractivity contribution < 1.29 is 22.4 Å². The average Bonchev–Trinajstić information content (AvgIpc) is 3.26. The fourth-order valence-electron chi connectivity index (χ4n) is 2.89. The summed E-state index contributed by atoms with van der Waals surface area (Å²) < 4.78 is 49.6. The largest absolute Gasteiger partial charge is 0.467 e. The molecule has 0 saturated heterocycles. The lowest BCUT2D eigenvalue weighted by atomic mass is 10.1. The lowest BCUT2D eigenvalue weighted by Gasteiger charge is -2.08. The lowest BCUT2D eigenvalue weighted by molar-refractivity contribution is -0.137. The maximum absolute atomic E-state index is 12.9. The van der Waals surface area contributed by atoms with Crippen LogP contribution in [0.5, 0.6) is 5.88 Å². The number of hydrogen-bond donors (Lipinski definition) is 0.